The maximum atomic E-state index is 8.74. The van der Waals surface area contributed by atoms with Gasteiger partial charge < -0.3 is 29.9 Å². The van der Waals surface area contributed by atoms with Gasteiger partial charge in [0.25, 0.3) is 0 Å². The third-order valence-electron chi connectivity index (χ3n) is 0. The normalized spacial score (nSPS) is 9.72. The minimum Gasteiger partial charge on any atom is -0.822 e. The van der Waals surface area contributed by atoms with Crippen LogP contribution < -0.4 is 72.2 Å². The molecule has 0 aromatic carbocycles. The Kier molecular flexibility index (Phi) is 32.0. The van der Waals surface area contributed by atoms with E-state index in [2.05, 4.69) is 0 Å². The summed E-state index contributed by atoms with van der Waals surface area (Å²) in [6, 6.07) is 0. The molecule has 0 aliphatic carbocycles. The van der Waals surface area contributed by atoms with Gasteiger partial charge in [0.2, 0.25) is 10.4 Å². The van der Waals surface area contributed by atoms with E-state index in [1.165, 1.54) is 0 Å². The first kappa shape index (κ1) is 36.9. The molecule has 0 radical (unpaired) electrons. The maximum Gasteiger partial charge on any atom is 2.00 e. The Morgan fingerprint density at radius 3 is 0.889 bits per heavy atom. The fraction of sp³-hybridized carbons (Fsp3) is 0. The molecule has 0 fully saturated rings. The fourth-order valence-corrected chi connectivity index (χ4v) is 0. The predicted octanol–water partition coefficient (Wildman–Crippen LogP) is -7.47. The van der Waals surface area contributed by atoms with Crippen molar-refractivity contribution in [3.8, 4) is 0 Å². The molecule has 104 valence electrons. The molecule has 0 rings (SSSR count). The first-order chi connectivity index (χ1) is 6.00. The summed E-state index contributed by atoms with van der Waals surface area (Å²) >= 11 is 0. The van der Waals surface area contributed by atoms with Crippen molar-refractivity contribution in [2.75, 3.05) is 0 Å². The smallest absolute Gasteiger partial charge is 0.822 e. The Labute approximate surface area is 161 Å². The molecule has 0 aliphatic heterocycles. The summed E-state index contributed by atoms with van der Waals surface area (Å²) in [4.78, 5) is 25.6. The second kappa shape index (κ2) is 15.6. The Hall–Kier alpha value is 2.21. The van der Waals surface area contributed by atoms with Gasteiger partial charge in [-0.2, -0.15) is 16.2 Å². The van der Waals surface area contributed by atoms with Crippen molar-refractivity contribution in [2.45, 2.75) is 0 Å². The summed E-state index contributed by atoms with van der Waals surface area (Å²) < 4.78 is 73.0. The molecule has 0 spiro atoms. The average Bonchev–Trinajstić information content (AvgIpc) is 1.41. The van der Waals surface area contributed by atoms with Crippen molar-refractivity contribution < 1.29 is 106 Å². The molecule has 7 N–H and O–H groups in total. The van der Waals surface area contributed by atoms with Gasteiger partial charge in [-0.3, -0.25) is 13.7 Å². The van der Waals surface area contributed by atoms with Crippen LogP contribution in [0.2, 0.25) is 0 Å². The van der Waals surface area contributed by atoms with Crippen LogP contribution in [0.4, 0.5) is 0 Å². The molecular weight excluding hydrogens is 365 g/mol. The number of phosphoric acid groups is 1. The number of hydrogen-bond donors (Lipinski definition) is 4. The third kappa shape index (κ3) is 1100. The quantitative estimate of drug-likeness (QED) is 0.134. The van der Waals surface area contributed by atoms with Gasteiger partial charge in [0, 0.05) is 0 Å². The first-order valence-corrected chi connectivity index (χ1v) is 6.33. The molecule has 0 bridgehead atoms. The fourth-order valence-electron chi connectivity index (χ4n) is 0. The number of hydrogen-bond acceptors (Lipinski definition) is 9. The zero-order chi connectivity index (χ0) is 13.5. The summed E-state index contributed by atoms with van der Waals surface area (Å²) in [5.74, 6) is 0. The van der Waals surface area contributed by atoms with Crippen LogP contribution >= 0.6 is 7.82 Å². The molecule has 0 heterocycles. The van der Waals surface area contributed by atoms with Crippen LogP contribution in [0.15, 0.2) is 0 Å². The minimum atomic E-state index is -5.39. The molecule has 0 aliphatic rings. The summed E-state index contributed by atoms with van der Waals surface area (Å²) in [7, 11) is -15.0. The van der Waals surface area contributed by atoms with Crippen LogP contribution in [-0.2, 0) is 25.4 Å². The van der Waals surface area contributed by atoms with E-state index in [9.17, 15) is 0 Å². The van der Waals surface area contributed by atoms with Crippen LogP contribution in [0.1, 0.15) is 0 Å². The second-order valence-electron chi connectivity index (χ2n) is 1.32. The molecule has 0 aromatic rings. The van der Waals surface area contributed by atoms with Crippen LogP contribution in [0.25, 0.3) is 0 Å². The minimum absolute atomic E-state index is 0. The molecule has 13 nitrogen and oxygen atoms in total. The van der Waals surface area contributed by atoms with Crippen LogP contribution in [0.5, 0.6) is 0 Å². The van der Waals surface area contributed by atoms with Crippen molar-refractivity contribution in [2.24, 2.45) is 0 Å². The Bertz CT molecular complexity index is 338. The van der Waals surface area contributed by atoms with Gasteiger partial charge in [0.15, 0.2) is 0 Å². The number of quaternary nitrogens is 1. The van der Waals surface area contributed by atoms with Crippen molar-refractivity contribution in [3.05, 3.63) is 0 Å². The molecule has 18 heavy (non-hydrogen) atoms. The Morgan fingerprint density at radius 2 is 0.889 bits per heavy atom. The maximum absolute atomic E-state index is 8.74. The largest absolute Gasteiger partial charge is 2.00 e. The second-order valence-corrected chi connectivity index (χ2v) is 3.97. The zero-order valence-corrected chi connectivity index (χ0v) is 16.1. The standard InChI is InChI=1S/K.Mg.H3N.H3O4P.2H2O4S/c;;;3*1-5(2,3)4/h;;1H3;(H3,1,2,3,4);2*(H2,1,2,3,4)/q+1;+2;;;;/p-3. The van der Waals surface area contributed by atoms with Gasteiger partial charge in [0.1, 0.15) is 0 Å². The van der Waals surface area contributed by atoms with Crippen molar-refractivity contribution in [3.63, 3.8) is 0 Å². The van der Waals surface area contributed by atoms with E-state index >= 15 is 0 Å². The summed E-state index contributed by atoms with van der Waals surface area (Å²) in [5, 5.41) is 0. The predicted molar refractivity (Wildman–Crippen MR) is 45.8 cm³/mol. The molecule has 0 amide bonds. The van der Waals surface area contributed by atoms with E-state index in [0.29, 0.717) is 0 Å². The van der Waals surface area contributed by atoms with E-state index in [1.54, 1.807) is 0 Å². The van der Waals surface area contributed by atoms with Crippen LogP contribution in [-0.4, -0.2) is 58.1 Å². The van der Waals surface area contributed by atoms with Gasteiger partial charge in [-0.25, -0.2) is 8.42 Å². The molecule has 0 atom stereocenters. The SMILES string of the molecule is O=P([O-])([O-])[O-].O=S(=O)(O)O.O=S(=O)([O-])O.[K+].[Mg+2].[NH4+]. The van der Waals surface area contributed by atoms with E-state index < -0.39 is 28.6 Å². The molecule has 0 saturated carbocycles. The average molecular weight is 372 g/mol. The van der Waals surface area contributed by atoms with Crippen molar-refractivity contribution in [1.29, 1.82) is 0 Å². The van der Waals surface area contributed by atoms with Gasteiger partial charge in [-0.15, -0.1) is 0 Å². The topological polar surface area (TPSA) is 275 Å². The number of rotatable bonds is 0. The summed E-state index contributed by atoms with van der Waals surface area (Å²) in [6.07, 6.45) is 0. The molecular formula is H7KMgNO12PS2. The van der Waals surface area contributed by atoms with E-state index in [0.717, 1.165) is 0 Å². The van der Waals surface area contributed by atoms with Gasteiger partial charge >= 0.3 is 84.8 Å². The Balaban J connectivity index is -0.0000000277. The van der Waals surface area contributed by atoms with Crippen LogP contribution in [0.3, 0.4) is 0 Å². The summed E-state index contributed by atoms with van der Waals surface area (Å²) in [5.41, 5.74) is 0. The van der Waals surface area contributed by atoms with Crippen molar-refractivity contribution in [1.82, 2.24) is 6.15 Å². The Morgan fingerprint density at radius 1 is 0.889 bits per heavy atom. The molecule has 0 aromatic heterocycles. The monoisotopic (exact) mass is 371 g/mol. The van der Waals surface area contributed by atoms with Gasteiger partial charge in [0.05, 0.1) is 0 Å². The van der Waals surface area contributed by atoms with E-state index in [1.807, 2.05) is 0 Å². The third-order valence-corrected chi connectivity index (χ3v) is 0. The van der Waals surface area contributed by atoms with Gasteiger partial charge in [-0.05, 0) is 0 Å². The van der Waals surface area contributed by atoms with E-state index in [-0.39, 0.29) is 80.6 Å². The molecule has 0 unspecified atom stereocenters. The van der Waals surface area contributed by atoms with Gasteiger partial charge in [-0.1, -0.05) is 0 Å². The molecule has 18 heteroatoms. The molecule has 0 saturated heterocycles. The van der Waals surface area contributed by atoms with Crippen molar-refractivity contribution >= 4 is 51.7 Å². The van der Waals surface area contributed by atoms with E-state index in [4.69, 9.17) is 54.3 Å². The summed E-state index contributed by atoms with van der Waals surface area (Å²) in [6.45, 7) is 0. The first-order valence-electron chi connectivity index (χ1n) is 2.11. The van der Waals surface area contributed by atoms with Crippen LogP contribution in [0, 0.1) is 0 Å². The zero-order valence-electron chi connectivity index (χ0n) is 8.99.